The number of amides is 1. The first-order valence-electron chi connectivity index (χ1n) is 6.24. The molecule has 8 heteroatoms. The molecule has 4 atom stereocenters. The van der Waals surface area contributed by atoms with Crippen molar-refractivity contribution in [3.8, 4) is 0 Å². The second-order valence-electron chi connectivity index (χ2n) is 6.20. The number of carbonyl (C=O) groups excluding carboxylic acids is 1. The highest BCUT2D eigenvalue weighted by Gasteiger charge is 2.73. The number of nitrogens with zero attached hydrogens (tertiary/aromatic N) is 1. The molecular formula is C12H16F3NO4. The third kappa shape index (κ3) is 2.55. The Morgan fingerprint density at radius 1 is 1.25 bits per heavy atom. The molecule has 114 valence electrons. The molecule has 2 fully saturated rings. The molecule has 2 rings (SSSR count). The van der Waals surface area contributed by atoms with Crippen LogP contribution in [0.3, 0.4) is 0 Å². The van der Waals surface area contributed by atoms with Crippen LogP contribution in [0.5, 0.6) is 0 Å². The second-order valence-corrected chi connectivity index (χ2v) is 6.20. The molecule has 20 heavy (non-hydrogen) atoms. The van der Waals surface area contributed by atoms with Crippen molar-refractivity contribution in [2.24, 2.45) is 11.8 Å². The molecule has 0 aromatic carbocycles. The van der Waals surface area contributed by atoms with Gasteiger partial charge in [-0.25, -0.2) is 9.59 Å². The Morgan fingerprint density at radius 3 is 2.20 bits per heavy atom. The fourth-order valence-electron chi connectivity index (χ4n) is 2.82. The number of fused-ring (bicyclic) bond motifs is 1. The Balaban J connectivity index is 2.18. The molecule has 1 saturated heterocycles. The summed E-state index contributed by atoms with van der Waals surface area (Å²) in [6.45, 7) is 4.72. The smallest absolute Gasteiger partial charge is 0.411 e. The van der Waals surface area contributed by atoms with E-state index in [1.807, 2.05) is 0 Å². The Labute approximate surface area is 113 Å². The van der Waals surface area contributed by atoms with Crippen molar-refractivity contribution in [2.75, 3.05) is 0 Å². The van der Waals surface area contributed by atoms with Crippen LogP contribution >= 0.6 is 0 Å². The lowest BCUT2D eigenvalue weighted by Crippen LogP contribution is -2.47. The summed E-state index contributed by atoms with van der Waals surface area (Å²) in [5.41, 5.74) is -0.888. The molecule has 0 spiro atoms. The van der Waals surface area contributed by atoms with Crippen molar-refractivity contribution in [1.82, 2.24) is 4.90 Å². The highest BCUT2D eigenvalue weighted by atomic mass is 19.4. The average Bonchev–Trinajstić information content (AvgIpc) is 2.77. The summed E-state index contributed by atoms with van der Waals surface area (Å²) in [5.74, 6) is -3.77. The molecule has 0 bridgehead atoms. The van der Waals surface area contributed by atoms with Crippen LogP contribution < -0.4 is 0 Å². The molecule has 5 nitrogen and oxygen atoms in total. The number of likely N-dealkylation sites (tertiary alicyclic amines) is 1. The molecule has 1 amide bonds. The zero-order valence-corrected chi connectivity index (χ0v) is 11.3. The van der Waals surface area contributed by atoms with E-state index < -0.39 is 47.8 Å². The van der Waals surface area contributed by atoms with Crippen LogP contribution in [0.2, 0.25) is 0 Å². The van der Waals surface area contributed by atoms with Crippen LogP contribution in [0, 0.1) is 11.8 Å². The number of carbonyl (C=O) groups is 2. The van der Waals surface area contributed by atoms with Gasteiger partial charge in [0.2, 0.25) is 0 Å². The number of halogens is 3. The van der Waals surface area contributed by atoms with Crippen molar-refractivity contribution in [1.29, 1.82) is 0 Å². The van der Waals surface area contributed by atoms with E-state index in [-0.39, 0.29) is 6.42 Å². The molecule has 1 aliphatic carbocycles. The van der Waals surface area contributed by atoms with Crippen LogP contribution in [0.25, 0.3) is 0 Å². The van der Waals surface area contributed by atoms with Gasteiger partial charge >= 0.3 is 18.2 Å². The van der Waals surface area contributed by atoms with Crippen molar-refractivity contribution in [3.63, 3.8) is 0 Å². The molecule has 0 radical (unpaired) electrons. The Hall–Kier alpha value is -1.47. The lowest BCUT2D eigenvalue weighted by Gasteiger charge is -2.29. The number of ether oxygens (including phenoxy) is 1. The standard InChI is InChI=1S/C12H16F3NO4/c1-11(2,3)20-10(19)16-6(9(17)18)4-5-7(8(5)16)12(13,14)15/h5-8H,4H2,1-3H3,(H,17,18)/t5-,6+,7-,8+/m1/s1. The minimum absolute atomic E-state index is 0.177. The van der Waals surface area contributed by atoms with Gasteiger partial charge in [0.05, 0.1) is 12.0 Å². The van der Waals surface area contributed by atoms with Crippen LogP contribution in [0.15, 0.2) is 0 Å². The molecule has 0 unspecified atom stereocenters. The van der Waals surface area contributed by atoms with Gasteiger partial charge in [-0.15, -0.1) is 0 Å². The fraction of sp³-hybridized carbons (Fsp3) is 0.833. The zero-order valence-electron chi connectivity index (χ0n) is 11.3. The summed E-state index contributed by atoms with van der Waals surface area (Å²) >= 11 is 0. The summed E-state index contributed by atoms with van der Waals surface area (Å²) < 4.78 is 43.2. The molecule has 1 heterocycles. The molecule has 1 N–H and O–H groups in total. The number of alkyl halides is 3. The van der Waals surface area contributed by atoms with Crippen molar-refractivity contribution < 1.29 is 32.6 Å². The number of rotatable bonds is 1. The molecule has 0 aromatic rings. The summed E-state index contributed by atoms with van der Waals surface area (Å²) in [6.07, 6.45) is -5.59. The van der Waals surface area contributed by atoms with Crippen LogP contribution in [0.4, 0.5) is 18.0 Å². The van der Waals surface area contributed by atoms with Gasteiger partial charge in [-0.2, -0.15) is 13.2 Å². The SMILES string of the molecule is CC(C)(C)OC(=O)N1[C@H]2[C@H](C[C@H]1C(=O)O)[C@H]2C(F)(F)F. The number of hydrogen-bond acceptors (Lipinski definition) is 3. The predicted octanol–water partition coefficient (Wildman–Crippen LogP) is 2.26. The van der Waals surface area contributed by atoms with Crippen molar-refractivity contribution in [3.05, 3.63) is 0 Å². The number of hydrogen-bond donors (Lipinski definition) is 1. The lowest BCUT2D eigenvalue weighted by molar-refractivity contribution is -0.162. The van der Waals surface area contributed by atoms with E-state index in [0.29, 0.717) is 0 Å². The van der Waals surface area contributed by atoms with Gasteiger partial charge in [-0.1, -0.05) is 0 Å². The normalized spacial score (nSPS) is 32.8. The first-order valence-corrected chi connectivity index (χ1v) is 6.24. The maximum Gasteiger partial charge on any atom is 0.411 e. The fourth-order valence-corrected chi connectivity index (χ4v) is 2.82. The summed E-state index contributed by atoms with van der Waals surface area (Å²) in [6, 6.07) is -2.34. The quantitative estimate of drug-likeness (QED) is 0.805. The predicted molar refractivity (Wildman–Crippen MR) is 60.9 cm³/mol. The van der Waals surface area contributed by atoms with E-state index in [1.54, 1.807) is 20.8 Å². The van der Waals surface area contributed by atoms with Gasteiger partial charge in [-0.05, 0) is 33.1 Å². The van der Waals surface area contributed by atoms with Crippen molar-refractivity contribution in [2.45, 2.75) is 51.1 Å². The van der Waals surface area contributed by atoms with Gasteiger partial charge in [0, 0.05) is 0 Å². The molecule has 1 saturated carbocycles. The van der Waals surface area contributed by atoms with E-state index in [2.05, 4.69) is 0 Å². The number of carboxylic acid groups (broad SMARTS) is 1. The molecule has 1 aliphatic heterocycles. The van der Waals surface area contributed by atoms with Crippen LogP contribution in [0.1, 0.15) is 27.2 Å². The van der Waals surface area contributed by atoms with E-state index in [1.165, 1.54) is 0 Å². The van der Waals surface area contributed by atoms with E-state index in [0.717, 1.165) is 4.90 Å². The largest absolute Gasteiger partial charge is 0.480 e. The minimum atomic E-state index is -4.42. The monoisotopic (exact) mass is 295 g/mol. The Morgan fingerprint density at radius 2 is 1.80 bits per heavy atom. The van der Waals surface area contributed by atoms with Gasteiger partial charge in [0.25, 0.3) is 0 Å². The Kier molecular flexibility index (Phi) is 3.18. The van der Waals surface area contributed by atoms with E-state index in [4.69, 9.17) is 9.84 Å². The molecular weight excluding hydrogens is 279 g/mol. The summed E-state index contributed by atoms with van der Waals surface area (Å²) in [4.78, 5) is 23.8. The third-order valence-corrected chi connectivity index (χ3v) is 3.55. The maximum absolute atomic E-state index is 12.7. The lowest BCUT2D eigenvalue weighted by atomic mass is 10.1. The third-order valence-electron chi connectivity index (χ3n) is 3.55. The number of carboxylic acids is 1. The average molecular weight is 295 g/mol. The van der Waals surface area contributed by atoms with Gasteiger partial charge in [0.15, 0.2) is 0 Å². The second kappa shape index (κ2) is 4.26. The van der Waals surface area contributed by atoms with E-state index >= 15 is 0 Å². The summed E-state index contributed by atoms with van der Waals surface area (Å²) in [5, 5.41) is 9.03. The number of aliphatic carboxylic acids is 1. The van der Waals surface area contributed by atoms with Crippen molar-refractivity contribution >= 4 is 12.1 Å². The molecule has 2 aliphatic rings. The molecule has 0 aromatic heterocycles. The topological polar surface area (TPSA) is 66.8 Å². The van der Waals surface area contributed by atoms with Gasteiger partial charge < -0.3 is 9.84 Å². The Bertz CT molecular complexity index is 443. The van der Waals surface area contributed by atoms with Gasteiger partial charge in [-0.3, -0.25) is 4.90 Å². The highest BCUT2D eigenvalue weighted by Crippen LogP contribution is 2.60. The van der Waals surface area contributed by atoms with Crippen LogP contribution in [-0.4, -0.2) is 45.9 Å². The van der Waals surface area contributed by atoms with Gasteiger partial charge in [0.1, 0.15) is 11.6 Å². The maximum atomic E-state index is 12.7. The zero-order chi connectivity index (χ0) is 15.5. The highest BCUT2D eigenvalue weighted by molar-refractivity contribution is 5.82. The summed E-state index contributed by atoms with van der Waals surface area (Å²) in [7, 11) is 0. The first-order chi connectivity index (χ1) is 8.93. The first kappa shape index (κ1) is 14.9. The number of piperidine rings is 1. The van der Waals surface area contributed by atoms with Crippen LogP contribution in [-0.2, 0) is 9.53 Å². The van der Waals surface area contributed by atoms with E-state index in [9.17, 15) is 22.8 Å². The minimum Gasteiger partial charge on any atom is -0.480 e.